The summed E-state index contributed by atoms with van der Waals surface area (Å²) in [6.07, 6.45) is 1.43. The van der Waals surface area contributed by atoms with Gasteiger partial charge in [0.1, 0.15) is 29.4 Å². The number of hydrogen-bond donors (Lipinski definition) is 2. The molecule has 9 heteroatoms. The molecule has 2 aliphatic heterocycles. The molecule has 7 nitrogen and oxygen atoms in total. The molecule has 0 aliphatic carbocycles. The third-order valence-electron chi connectivity index (χ3n) is 4.96. The van der Waals surface area contributed by atoms with Gasteiger partial charge in [0, 0.05) is 19.1 Å². The summed E-state index contributed by atoms with van der Waals surface area (Å²) in [5.41, 5.74) is -0.400. The Morgan fingerprint density at radius 1 is 1.14 bits per heavy atom. The van der Waals surface area contributed by atoms with Crippen molar-refractivity contribution < 1.29 is 23.2 Å². The van der Waals surface area contributed by atoms with Gasteiger partial charge < -0.3 is 20.4 Å². The fourth-order valence-corrected chi connectivity index (χ4v) is 3.66. The fourth-order valence-electron chi connectivity index (χ4n) is 3.66. The Kier molecular flexibility index (Phi) is 5.81. The van der Waals surface area contributed by atoms with Crippen molar-refractivity contribution in [2.45, 2.75) is 51.2 Å². The summed E-state index contributed by atoms with van der Waals surface area (Å²) < 4.78 is 28.0. The summed E-state index contributed by atoms with van der Waals surface area (Å²) in [5.74, 6) is -2.64. The molecule has 2 fully saturated rings. The normalized spacial score (nSPS) is 22.1. The van der Waals surface area contributed by atoms with Crippen LogP contribution in [0.25, 0.3) is 0 Å². The number of benzene rings is 1. The Balaban J connectivity index is 1.66. The lowest BCUT2D eigenvalue weighted by Crippen LogP contribution is -2.53. The van der Waals surface area contributed by atoms with E-state index < -0.39 is 41.2 Å². The Morgan fingerprint density at radius 2 is 1.82 bits per heavy atom. The van der Waals surface area contributed by atoms with Crippen molar-refractivity contribution in [1.29, 1.82) is 0 Å². The van der Waals surface area contributed by atoms with E-state index in [0.717, 1.165) is 17.0 Å². The van der Waals surface area contributed by atoms with Crippen LogP contribution in [-0.4, -0.2) is 54.0 Å². The fraction of sp³-hybridized carbons (Fsp3) is 0.526. The largest absolute Gasteiger partial charge is 0.342 e. The van der Waals surface area contributed by atoms with E-state index in [1.807, 2.05) is 13.8 Å². The predicted octanol–water partition coefficient (Wildman–Crippen LogP) is 1.77. The van der Waals surface area contributed by atoms with Gasteiger partial charge >= 0.3 is 6.03 Å². The van der Waals surface area contributed by atoms with Gasteiger partial charge in [-0.25, -0.2) is 13.6 Å². The molecule has 0 aromatic heterocycles. The lowest BCUT2D eigenvalue weighted by atomic mass is 10.1. The molecular formula is C19H24F2N4O3. The first-order valence-electron chi connectivity index (χ1n) is 9.42. The highest BCUT2D eigenvalue weighted by atomic mass is 19.1. The lowest BCUT2D eigenvalue weighted by Gasteiger charge is -2.26. The van der Waals surface area contributed by atoms with Gasteiger partial charge in [0.25, 0.3) is 0 Å². The highest BCUT2D eigenvalue weighted by Gasteiger charge is 2.40. The van der Waals surface area contributed by atoms with Gasteiger partial charge in [0.15, 0.2) is 0 Å². The molecule has 4 amide bonds. The first-order valence-corrected chi connectivity index (χ1v) is 9.42. The molecule has 2 N–H and O–H groups in total. The maximum absolute atomic E-state index is 14.0. The smallest absolute Gasteiger partial charge is 0.318 e. The summed E-state index contributed by atoms with van der Waals surface area (Å²) >= 11 is 0. The third-order valence-corrected chi connectivity index (χ3v) is 4.96. The third kappa shape index (κ3) is 3.93. The zero-order valence-electron chi connectivity index (χ0n) is 15.9. The number of halogens is 2. The highest BCUT2D eigenvalue weighted by molar-refractivity contribution is 6.02. The molecule has 2 aliphatic rings. The van der Waals surface area contributed by atoms with E-state index in [4.69, 9.17) is 0 Å². The molecule has 2 heterocycles. The molecule has 28 heavy (non-hydrogen) atoms. The average molecular weight is 394 g/mol. The molecule has 3 rings (SSSR count). The van der Waals surface area contributed by atoms with Crippen LogP contribution in [-0.2, 0) is 9.59 Å². The summed E-state index contributed by atoms with van der Waals surface area (Å²) in [7, 11) is 0. The van der Waals surface area contributed by atoms with Crippen LogP contribution in [0.1, 0.15) is 33.1 Å². The number of nitrogens with one attached hydrogen (secondary N) is 2. The van der Waals surface area contributed by atoms with Crippen molar-refractivity contribution in [2.75, 3.05) is 18.0 Å². The molecule has 1 unspecified atom stereocenters. The minimum absolute atomic E-state index is 0.0579. The minimum atomic E-state index is -0.873. The number of nitrogens with zero attached hydrogens (tertiary/aromatic N) is 2. The number of hydrogen-bond acceptors (Lipinski definition) is 3. The van der Waals surface area contributed by atoms with Crippen LogP contribution in [0.15, 0.2) is 18.2 Å². The molecular weight excluding hydrogens is 370 g/mol. The van der Waals surface area contributed by atoms with Gasteiger partial charge in [0.2, 0.25) is 11.8 Å². The number of anilines is 1. The Bertz CT molecular complexity index is 766. The number of urea groups is 1. The second kappa shape index (κ2) is 8.12. The molecule has 1 aromatic rings. The second-order valence-electron chi connectivity index (χ2n) is 7.37. The van der Waals surface area contributed by atoms with Crippen LogP contribution in [0.2, 0.25) is 0 Å². The Morgan fingerprint density at radius 3 is 2.46 bits per heavy atom. The summed E-state index contributed by atoms with van der Waals surface area (Å²) in [6, 6.07) is 1.49. The van der Waals surface area contributed by atoms with E-state index in [-0.39, 0.29) is 25.0 Å². The van der Waals surface area contributed by atoms with Crippen molar-refractivity contribution in [2.24, 2.45) is 0 Å². The van der Waals surface area contributed by atoms with Crippen LogP contribution in [0.3, 0.4) is 0 Å². The van der Waals surface area contributed by atoms with Gasteiger partial charge in [-0.2, -0.15) is 0 Å². The summed E-state index contributed by atoms with van der Waals surface area (Å²) in [6.45, 7) is 4.22. The molecule has 1 aromatic carbocycles. The van der Waals surface area contributed by atoms with E-state index in [9.17, 15) is 23.2 Å². The number of para-hydroxylation sites is 1. The maximum atomic E-state index is 14.0. The van der Waals surface area contributed by atoms with Crippen LogP contribution in [0, 0.1) is 11.6 Å². The Hall–Kier alpha value is -2.71. The van der Waals surface area contributed by atoms with Crippen molar-refractivity contribution in [3.05, 3.63) is 29.8 Å². The predicted molar refractivity (Wildman–Crippen MR) is 98.7 cm³/mol. The van der Waals surface area contributed by atoms with E-state index >= 15 is 0 Å². The highest BCUT2D eigenvalue weighted by Crippen LogP contribution is 2.28. The molecule has 152 valence electrons. The van der Waals surface area contributed by atoms with Gasteiger partial charge in [0.05, 0.1) is 0 Å². The van der Waals surface area contributed by atoms with Gasteiger partial charge in [-0.05, 0) is 45.2 Å². The topological polar surface area (TPSA) is 81.8 Å². The average Bonchev–Trinajstić information content (AvgIpc) is 3.23. The second-order valence-corrected chi connectivity index (χ2v) is 7.37. The molecule has 2 atom stereocenters. The summed E-state index contributed by atoms with van der Waals surface area (Å²) in [4.78, 5) is 40.0. The van der Waals surface area contributed by atoms with Crippen molar-refractivity contribution in [1.82, 2.24) is 15.5 Å². The van der Waals surface area contributed by atoms with Crippen LogP contribution in [0.5, 0.6) is 0 Å². The zero-order chi connectivity index (χ0) is 20.4. The monoisotopic (exact) mass is 394 g/mol. The van der Waals surface area contributed by atoms with Crippen molar-refractivity contribution >= 4 is 23.5 Å². The van der Waals surface area contributed by atoms with Gasteiger partial charge in [-0.3, -0.25) is 9.59 Å². The van der Waals surface area contributed by atoms with E-state index in [1.165, 1.54) is 11.0 Å². The Labute approximate surface area is 162 Å². The molecule has 2 saturated heterocycles. The SMILES string of the molecule is CC(C)NC(=O)N1CCC[C@H]1C(=O)NC1CCN(c2c(F)cccc2F)C1=O. The quantitative estimate of drug-likeness (QED) is 0.817. The number of carbonyl (C=O) groups excluding carboxylic acids is 3. The lowest BCUT2D eigenvalue weighted by molar-refractivity contribution is -0.128. The summed E-state index contributed by atoms with van der Waals surface area (Å²) in [5, 5.41) is 5.41. The number of carbonyl (C=O) groups is 3. The van der Waals surface area contributed by atoms with Crippen molar-refractivity contribution in [3.8, 4) is 0 Å². The number of likely N-dealkylation sites (tertiary alicyclic amines) is 1. The minimum Gasteiger partial charge on any atom is -0.342 e. The van der Waals surface area contributed by atoms with Crippen molar-refractivity contribution in [3.63, 3.8) is 0 Å². The molecule has 0 bridgehead atoms. The first kappa shape index (κ1) is 20.0. The van der Waals surface area contributed by atoms with Crippen LogP contribution >= 0.6 is 0 Å². The molecule has 0 radical (unpaired) electrons. The van der Waals surface area contributed by atoms with Gasteiger partial charge in [-0.15, -0.1) is 0 Å². The van der Waals surface area contributed by atoms with E-state index in [1.54, 1.807) is 0 Å². The van der Waals surface area contributed by atoms with Gasteiger partial charge in [-0.1, -0.05) is 6.07 Å². The van der Waals surface area contributed by atoms with E-state index in [0.29, 0.717) is 19.4 Å². The van der Waals surface area contributed by atoms with Crippen LogP contribution in [0.4, 0.5) is 19.3 Å². The maximum Gasteiger partial charge on any atom is 0.318 e. The molecule has 0 spiro atoms. The standard InChI is InChI=1S/C19H24F2N4O3/c1-11(2)22-19(28)24-9-4-7-15(24)17(26)23-14-8-10-25(18(14)27)16-12(20)5-3-6-13(16)21/h3,5-6,11,14-15H,4,7-10H2,1-2H3,(H,22,28)(H,23,26)/t14?,15-/m0/s1. The number of amides is 4. The van der Waals surface area contributed by atoms with E-state index in [2.05, 4.69) is 10.6 Å². The molecule has 0 saturated carbocycles. The number of rotatable bonds is 4. The van der Waals surface area contributed by atoms with Crippen LogP contribution < -0.4 is 15.5 Å². The zero-order valence-corrected chi connectivity index (χ0v) is 15.9. The first-order chi connectivity index (χ1) is 13.3.